The molecule has 0 aliphatic rings. The van der Waals surface area contributed by atoms with Crippen LogP contribution in [0, 0.1) is 0 Å². The molecule has 0 fully saturated rings. The Morgan fingerprint density at radius 1 is 1.50 bits per heavy atom. The maximum Gasteiger partial charge on any atom is 0.323 e. The van der Waals surface area contributed by atoms with Crippen molar-refractivity contribution in [3.05, 3.63) is 0 Å². The van der Waals surface area contributed by atoms with Gasteiger partial charge >= 0.3 is 5.97 Å². The fraction of sp³-hybridized carbons (Fsp3) is 0.900. The number of nitrogens with one attached hydrogen (secondary N) is 1. The van der Waals surface area contributed by atoms with E-state index in [4.69, 9.17) is 4.74 Å². The first kappa shape index (κ1) is 13.8. The monoisotopic (exact) mass is 219 g/mol. The van der Waals surface area contributed by atoms with Gasteiger partial charge in [-0.3, -0.25) is 4.79 Å². The topological polar surface area (TPSA) is 38.3 Å². The number of carbonyl (C=O) groups is 1. The molecule has 1 N–H and O–H groups in total. The second-order valence-electron chi connectivity index (χ2n) is 3.24. The Bertz CT molecular complexity index is 164. The maximum absolute atomic E-state index is 11.4. The van der Waals surface area contributed by atoms with E-state index in [0.29, 0.717) is 12.6 Å². The Balaban J connectivity index is 3.94. The summed E-state index contributed by atoms with van der Waals surface area (Å²) in [7, 11) is 0. The summed E-state index contributed by atoms with van der Waals surface area (Å²) in [6, 6.07) is 0.191. The Morgan fingerprint density at radius 2 is 2.14 bits per heavy atom. The molecule has 3 nitrogen and oxygen atoms in total. The molecule has 0 aromatic carbocycles. The zero-order valence-electron chi connectivity index (χ0n) is 9.50. The first-order valence-corrected chi connectivity index (χ1v) is 6.46. The molecule has 2 atom stereocenters. The summed E-state index contributed by atoms with van der Waals surface area (Å²) in [5, 5.41) is 3.26. The van der Waals surface area contributed by atoms with E-state index in [9.17, 15) is 4.79 Å². The van der Waals surface area contributed by atoms with Gasteiger partial charge in [0.25, 0.3) is 0 Å². The molecule has 0 spiro atoms. The summed E-state index contributed by atoms with van der Waals surface area (Å²) < 4.78 is 4.97. The van der Waals surface area contributed by atoms with Gasteiger partial charge in [0.1, 0.15) is 6.04 Å². The van der Waals surface area contributed by atoms with Crippen molar-refractivity contribution in [1.29, 1.82) is 0 Å². The summed E-state index contributed by atoms with van der Waals surface area (Å²) in [4.78, 5) is 11.4. The molecular weight excluding hydrogens is 198 g/mol. The summed E-state index contributed by atoms with van der Waals surface area (Å²) in [6.45, 7) is 6.35. The number of ether oxygens (including phenoxy) is 1. The van der Waals surface area contributed by atoms with Gasteiger partial charge in [-0.1, -0.05) is 6.92 Å². The molecule has 0 saturated heterocycles. The predicted molar refractivity (Wildman–Crippen MR) is 61.7 cm³/mol. The molecular formula is C10H21NO2S. The van der Waals surface area contributed by atoms with Gasteiger partial charge in [0, 0.05) is 11.8 Å². The number of rotatable bonds is 7. The van der Waals surface area contributed by atoms with Crippen LogP contribution < -0.4 is 5.32 Å². The summed E-state index contributed by atoms with van der Waals surface area (Å²) in [5.74, 6) is 0.874. The molecule has 0 bridgehead atoms. The highest BCUT2D eigenvalue weighted by Gasteiger charge is 2.18. The van der Waals surface area contributed by atoms with Crippen molar-refractivity contribution in [1.82, 2.24) is 5.32 Å². The third-order valence-corrected chi connectivity index (χ3v) is 2.72. The van der Waals surface area contributed by atoms with Gasteiger partial charge in [-0.25, -0.2) is 0 Å². The minimum Gasteiger partial charge on any atom is -0.465 e. The Morgan fingerprint density at radius 3 is 2.57 bits per heavy atom. The van der Waals surface area contributed by atoms with Crippen LogP contribution in [0.2, 0.25) is 0 Å². The van der Waals surface area contributed by atoms with Crippen LogP contribution >= 0.6 is 11.8 Å². The zero-order chi connectivity index (χ0) is 11.0. The Kier molecular flexibility index (Phi) is 7.99. The molecule has 0 aromatic heterocycles. The SMILES string of the molecule is CCOC(=O)C(CC)NC(C)CSC. The maximum atomic E-state index is 11.4. The predicted octanol–water partition coefficient (Wildman–Crippen LogP) is 1.67. The minimum atomic E-state index is -0.155. The molecule has 0 rings (SSSR count). The van der Waals surface area contributed by atoms with E-state index in [2.05, 4.69) is 18.5 Å². The summed E-state index contributed by atoms with van der Waals surface area (Å²) >= 11 is 1.77. The van der Waals surface area contributed by atoms with Gasteiger partial charge in [0.05, 0.1) is 6.61 Å². The molecule has 14 heavy (non-hydrogen) atoms. The van der Waals surface area contributed by atoms with Gasteiger partial charge in [-0.15, -0.1) is 0 Å². The first-order valence-electron chi connectivity index (χ1n) is 5.07. The Hall–Kier alpha value is -0.220. The number of esters is 1. The van der Waals surface area contributed by atoms with Crippen molar-refractivity contribution < 1.29 is 9.53 Å². The molecule has 4 heteroatoms. The fourth-order valence-corrected chi connectivity index (χ4v) is 1.83. The number of hydrogen-bond donors (Lipinski definition) is 1. The van der Waals surface area contributed by atoms with Gasteiger partial charge in [0.15, 0.2) is 0 Å². The average Bonchev–Trinajstić information content (AvgIpc) is 2.15. The molecule has 0 saturated carbocycles. The van der Waals surface area contributed by atoms with Crippen LogP contribution in [0.1, 0.15) is 27.2 Å². The van der Waals surface area contributed by atoms with Gasteiger partial charge < -0.3 is 10.1 Å². The van der Waals surface area contributed by atoms with Crippen molar-refractivity contribution >= 4 is 17.7 Å². The van der Waals surface area contributed by atoms with E-state index < -0.39 is 0 Å². The van der Waals surface area contributed by atoms with Crippen LogP contribution in [0.5, 0.6) is 0 Å². The molecule has 0 heterocycles. The highest BCUT2D eigenvalue weighted by molar-refractivity contribution is 7.98. The van der Waals surface area contributed by atoms with Gasteiger partial charge in [0.2, 0.25) is 0 Å². The van der Waals surface area contributed by atoms with Crippen molar-refractivity contribution in [2.45, 2.75) is 39.3 Å². The van der Waals surface area contributed by atoms with E-state index in [1.165, 1.54) is 0 Å². The largest absolute Gasteiger partial charge is 0.465 e. The first-order chi connectivity index (χ1) is 6.65. The lowest BCUT2D eigenvalue weighted by molar-refractivity contribution is -0.145. The molecule has 0 aromatic rings. The second-order valence-corrected chi connectivity index (χ2v) is 4.15. The fourth-order valence-electron chi connectivity index (χ4n) is 1.24. The van der Waals surface area contributed by atoms with Gasteiger partial charge in [-0.2, -0.15) is 11.8 Å². The molecule has 2 unspecified atom stereocenters. The highest BCUT2D eigenvalue weighted by atomic mass is 32.2. The van der Waals surface area contributed by atoms with Crippen LogP contribution in [-0.2, 0) is 9.53 Å². The van der Waals surface area contributed by atoms with Crippen molar-refractivity contribution in [2.75, 3.05) is 18.6 Å². The Labute approximate surface area is 91.0 Å². The number of thioether (sulfide) groups is 1. The standard InChI is InChI=1S/C10H21NO2S/c1-5-9(10(12)13-6-2)11-8(3)7-14-4/h8-9,11H,5-7H2,1-4H3. The normalized spacial score (nSPS) is 14.9. The van der Waals surface area contributed by atoms with Crippen LogP contribution in [0.3, 0.4) is 0 Å². The van der Waals surface area contributed by atoms with Crippen LogP contribution in [0.4, 0.5) is 0 Å². The quantitative estimate of drug-likeness (QED) is 0.661. The summed E-state index contributed by atoms with van der Waals surface area (Å²) in [6.07, 6.45) is 2.83. The van der Waals surface area contributed by atoms with Crippen molar-refractivity contribution in [2.24, 2.45) is 0 Å². The van der Waals surface area contributed by atoms with E-state index in [1.807, 2.05) is 13.8 Å². The minimum absolute atomic E-state index is 0.136. The highest BCUT2D eigenvalue weighted by Crippen LogP contribution is 2.01. The number of hydrogen-bond acceptors (Lipinski definition) is 4. The van der Waals surface area contributed by atoms with Crippen LogP contribution in [0.25, 0.3) is 0 Å². The molecule has 0 radical (unpaired) electrons. The van der Waals surface area contributed by atoms with Crippen LogP contribution in [-0.4, -0.2) is 36.7 Å². The van der Waals surface area contributed by atoms with E-state index in [1.54, 1.807) is 11.8 Å². The molecule has 0 aliphatic heterocycles. The second kappa shape index (κ2) is 8.12. The lowest BCUT2D eigenvalue weighted by Crippen LogP contribution is -2.43. The third-order valence-electron chi connectivity index (χ3n) is 1.88. The van der Waals surface area contributed by atoms with E-state index in [-0.39, 0.29) is 12.0 Å². The molecule has 0 aliphatic carbocycles. The average molecular weight is 219 g/mol. The van der Waals surface area contributed by atoms with Crippen molar-refractivity contribution in [3.8, 4) is 0 Å². The van der Waals surface area contributed by atoms with Crippen molar-refractivity contribution in [3.63, 3.8) is 0 Å². The zero-order valence-corrected chi connectivity index (χ0v) is 10.3. The van der Waals surface area contributed by atoms with Gasteiger partial charge in [-0.05, 0) is 26.5 Å². The lowest BCUT2D eigenvalue weighted by Gasteiger charge is -2.20. The van der Waals surface area contributed by atoms with E-state index >= 15 is 0 Å². The smallest absolute Gasteiger partial charge is 0.323 e. The van der Waals surface area contributed by atoms with E-state index in [0.717, 1.165) is 12.2 Å². The van der Waals surface area contributed by atoms with Crippen LogP contribution in [0.15, 0.2) is 0 Å². The number of carbonyl (C=O) groups excluding carboxylic acids is 1. The molecule has 0 amide bonds. The summed E-state index contributed by atoms with van der Waals surface area (Å²) in [5.41, 5.74) is 0. The molecule has 84 valence electrons. The third kappa shape index (κ3) is 5.50. The lowest BCUT2D eigenvalue weighted by atomic mass is 10.2.